The van der Waals surface area contributed by atoms with Crippen LogP contribution in [-0.4, -0.2) is 16.7 Å². The van der Waals surface area contributed by atoms with Crippen LogP contribution in [0.4, 0.5) is 5.69 Å². The third-order valence-electron chi connectivity index (χ3n) is 2.30. The molecule has 0 aliphatic carbocycles. The summed E-state index contributed by atoms with van der Waals surface area (Å²) < 4.78 is 5.10. The summed E-state index contributed by atoms with van der Waals surface area (Å²) in [5.41, 5.74) is 0.948. The van der Waals surface area contributed by atoms with Gasteiger partial charge >= 0.3 is 0 Å². The lowest BCUT2D eigenvalue weighted by atomic mass is 10.1. The van der Waals surface area contributed by atoms with Crippen LogP contribution >= 0.6 is 11.8 Å². The molecule has 1 aliphatic heterocycles. The van der Waals surface area contributed by atoms with Gasteiger partial charge in [0.15, 0.2) is 0 Å². The highest BCUT2D eigenvalue weighted by molar-refractivity contribution is 7.99. The second-order valence-electron chi connectivity index (χ2n) is 3.39. The molecule has 0 spiro atoms. The zero-order valence-corrected chi connectivity index (χ0v) is 9.28. The summed E-state index contributed by atoms with van der Waals surface area (Å²) in [7, 11) is 0. The Morgan fingerprint density at radius 2 is 2.18 bits per heavy atom. The van der Waals surface area contributed by atoms with Crippen molar-refractivity contribution in [3.8, 4) is 0 Å². The molecule has 2 heterocycles. The third kappa shape index (κ3) is 1.72. The highest BCUT2D eigenvalue weighted by atomic mass is 32.2. The van der Waals surface area contributed by atoms with Gasteiger partial charge < -0.3 is 9.73 Å². The van der Waals surface area contributed by atoms with Gasteiger partial charge in [0.05, 0.1) is 17.4 Å². The normalized spacial score (nSPS) is 13.6. The maximum Gasteiger partial charge on any atom is 0.296 e. The molecule has 1 aromatic heterocycles. The number of nitrogens with zero attached hydrogens (tertiary/aromatic N) is 1. The van der Waals surface area contributed by atoms with Crippen LogP contribution in [-0.2, 0) is 4.79 Å². The van der Waals surface area contributed by atoms with E-state index in [1.807, 2.05) is 0 Å². The Morgan fingerprint density at radius 1 is 1.29 bits per heavy atom. The van der Waals surface area contributed by atoms with E-state index in [1.165, 1.54) is 18.0 Å². The summed E-state index contributed by atoms with van der Waals surface area (Å²) in [6, 6.07) is 5.11. The molecule has 84 valence electrons. The van der Waals surface area contributed by atoms with Crippen LogP contribution < -0.4 is 5.32 Å². The number of carbonyl (C=O) groups is 2. The van der Waals surface area contributed by atoms with Crippen LogP contribution in [0.25, 0.3) is 0 Å². The summed E-state index contributed by atoms with van der Waals surface area (Å²) in [5.74, 6) is -1.08. The van der Waals surface area contributed by atoms with Gasteiger partial charge in [0.1, 0.15) is 6.26 Å². The topological polar surface area (TPSA) is 72.2 Å². The van der Waals surface area contributed by atoms with E-state index in [4.69, 9.17) is 4.42 Å². The molecule has 0 unspecified atom stereocenters. The fourth-order valence-corrected chi connectivity index (χ4v) is 2.28. The van der Waals surface area contributed by atoms with Crippen LogP contribution in [0.2, 0.25) is 0 Å². The van der Waals surface area contributed by atoms with Crippen LogP contribution in [0.5, 0.6) is 0 Å². The molecule has 17 heavy (non-hydrogen) atoms. The number of benzene rings is 1. The van der Waals surface area contributed by atoms with Crippen molar-refractivity contribution in [2.24, 2.45) is 0 Å². The zero-order valence-electron chi connectivity index (χ0n) is 8.47. The molecular weight excluding hydrogens is 240 g/mol. The second-order valence-corrected chi connectivity index (χ2v) is 4.42. The van der Waals surface area contributed by atoms with Gasteiger partial charge in [0, 0.05) is 4.90 Å². The lowest BCUT2D eigenvalue weighted by molar-refractivity contribution is -0.112. The second kappa shape index (κ2) is 3.74. The van der Waals surface area contributed by atoms with E-state index in [2.05, 4.69) is 10.3 Å². The fourth-order valence-electron chi connectivity index (χ4n) is 1.55. The minimum Gasteiger partial charge on any atom is -0.440 e. The maximum absolute atomic E-state index is 11.4. The highest BCUT2D eigenvalue weighted by Gasteiger charge is 2.27. The van der Waals surface area contributed by atoms with Gasteiger partial charge in [-0.15, -0.1) is 0 Å². The van der Waals surface area contributed by atoms with Crippen molar-refractivity contribution in [1.82, 2.24) is 4.98 Å². The van der Waals surface area contributed by atoms with Gasteiger partial charge in [0.2, 0.25) is 0 Å². The Hall–Kier alpha value is -2.08. The average Bonchev–Trinajstić information content (AvgIpc) is 2.89. The molecule has 1 amide bonds. The highest BCUT2D eigenvalue weighted by Crippen LogP contribution is 2.32. The van der Waals surface area contributed by atoms with Gasteiger partial charge in [-0.05, 0) is 30.0 Å². The third-order valence-corrected chi connectivity index (χ3v) is 3.17. The number of rotatable bonds is 2. The molecule has 1 aromatic carbocycles. The first-order valence-corrected chi connectivity index (χ1v) is 5.63. The first kappa shape index (κ1) is 10.1. The van der Waals surface area contributed by atoms with E-state index in [0.29, 0.717) is 16.5 Å². The predicted octanol–water partition coefficient (Wildman–Crippen LogP) is 1.96. The van der Waals surface area contributed by atoms with Crippen LogP contribution in [0, 0.1) is 0 Å². The number of oxazole rings is 1. The van der Waals surface area contributed by atoms with Gasteiger partial charge in [0.25, 0.3) is 16.9 Å². The summed E-state index contributed by atoms with van der Waals surface area (Å²) in [4.78, 5) is 27.4. The SMILES string of the molecule is O=C1Nc2cc(Sc3ncco3)ccc2C1=O. The van der Waals surface area contributed by atoms with Gasteiger partial charge in [-0.1, -0.05) is 0 Å². The summed E-state index contributed by atoms with van der Waals surface area (Å²) in [6.07, 6.45) is 3.04. The van der Waals surface area contributed by atoms with Crippen molar-refractivity contribution in [2.45, 2.75) is 10.1 Å². The first-order chi connectivity index (χ1) is 8.24. The number of hydrogen-bond donors (Lipinski definition) is 1. The zero-order chi connectivity index (χ0) is 11.8. The molecule has 2 aromatic rings. The Morgan fingerprint density at radius 3 is 2.94 bits per heavy atom. The number of nitrogens with one attached hydrogen (secondary N) is 1. The Bertz CT molecular complexity index is 607. The number of fused-ring (bicyclic) bond motifs is 1. The van der Waals surface area contributed by atoms with Crippen LogP contribution in [0.3, 0.4) is 0 Å². The van der Waals surface area contributed by atoms with Crippen molar-refractivity contribution in [3.63, 3.8) is 0 Å². The number of amides is 1. The van der Waals surface area contributed by atoms with Crippen molar-refractivity contribution >= 4 is 29.1 Å². The molecule has 3 rings (SSSR count). The predicted molar refractivity (Wildman–Crippen MR) is 60.0 cm³/mol. The lowest BCUT2D eigenvalue weighted by Crippen LogP contribution is -2.12. The van der Waals surface area contributed by atoms with E-state index < -0.39 is 11.7 Å². The molecule has 0 fully saturated rings. The van der Waals surface area contributed by atoms with Crippen molar-refractivity contribution in [2.75, 3.05) is 5.32 Å². The molecular formula is C11H6N2O3S. The first-order valence-electron chi connectivity index (χ1n) is 4.81. The minimum atomic E-state index is -0.585. The minimum absolute atomic E-state index is 0.409. The summed E-state index contributed by atoms with van der Waals surface area (Å²) in [5, 5.41) is 3.03. The van der Waals surface area contributed by atoms with Crippen molar-refractivity contribution in [3.05, 3.63) is 36.2 Å². The molecule has 0 radical (unpaired) electrons. The summed E-state index contributed by atoms with van der Waals surface area (Å²) >= 11 is 1.32. The van der Waals surface area contributed by atoms with Crippen molar-refractivity contribution < 1.29 is 14.0 Å². The fraction of sp³-hybridized carbons (Fsp3) is 0. The Kier molecular flexibility index (Phi) is 2.22. The quantitative estimate of drug-likeness (QED) is 0.820. The van der Waals surface area contributed by atoms with Crippen LogP contribution in [0.1, 0.15) is 10.4 Å². The molecule has 0 saturated carbocycles. The van der Waals surface area contributed by atoms with E-state index in [-0.39, 0.29) is 0 Å². The maximum atomic E-state index is 11.4. The number of Topliss-reactive ketones (excluding diaryl/α,β-unsaturated/α-hetero) is 1. The standard InChI is InChI=1S/C11H6N2O3S/c14-9-7-2-1-6(5-8(7)13-10(9)15)17-11-12-3-4-16-11/h1-5H,(H,13,14,15). The largest absolute Gasteiger partial charge is 0.440 e. The lowest BCUT2D eigenvalue weighted by Gasteiger charge is -2.00. The molecule has 6 heteroatoms. The van der Waals surface area contributed by atoms with Crippen LogP contribution in [0.15, 0.2) is 45.2 Å². The van der Waals surface area contributed by atoms with E-state index >= 15 is 0 Å². The smallest absolute Gasteiger partial charge is 0.296 e. The molecule has 0 bridgehead atoms. The molecule has 5 nitrogen and oxygen atoms in total. The van der Waals surface area contributed by atoms with E-state index in [0.717, 1.165) is 4.90 Å². The van der Waals surface area contributed by atoms with Gasteiger partial charge in [-0.3, -0.25) is 9.59 Å². The number of carbonyl (C=O) groups excluding carboxylic acids is 2. The van der Waals surface area contributed by atoms with Gasteiger partial charge in [-0.25, -0.2) is 4.98 Å². The number of aromatic nitrogens is 1. The number of hydrogen-bond acceptors (Lipinski definition) is 5. The summed E-state index contributed by atoms with van der Waals surface area (Å²) in [6.45, 7) is 0. The average molecular weight is 246 g/mol. The molecule has 0 atom stereocenters. The molecule has 1 N–H and O–H groups in total. The number of anilines is 1. The van der Waals surface area contributed by atoms with E-state index in [9.17, 15) is 9.59 Å². The number of ketones is 1. The van der Waals surface area contributed by atoms with Crippen molar-refractivity contribution in [1.29, 1.82) is 0 Å². The van der Waals surface area contributed by atoms with E-state index in [1.54, 1.807) is 24.4 Å². The van der Waals surface area contributed by atoms with Gasteiger partial charge in [-0.2, -0.15) is 0 Å². The Balaban J connectivity index is 1.93. The Labute approximate surface area is 100 Å². The monoisotopic (exact) mass is 246 g/mol. The molecule has 1 aliphatic rings. The molecule has 0 saturated heterocycles.